The lowest BCUT2D eigenvalue weighted by atomic mass is 10.0. The average Bonchev–Trinajstić information content (AvgIpc) is 2.65. The molecule has 2 N–H and O–H groups in total. The zero-order chi connectivity index (χ0) is 12.6. The molecule has 0 fully saturated rings. The molecule has 17 heavy (non-hydrogen) atoms. The molecule has 1 aromatic heterocycles. The van der Waals surface area contributed by atoms with Gasteiger partial charge >= 0.3 is 0 Å². The second-order valence-corrected chi connectivity index (χ2v) is 5.10. The summed E-state index contributed by atoms with van der Waals surface area (Å²) in [5, 5.41) is 0. The van der Waals surface area contributed by atoms with Crippen molar-refractivity contribution in [3.8, 4) is 0 Å². The van der Waals surface area contributed by atoms with Crippen LogP contribution in [0.4, 0.5) is 0 Å². The van der Waals surface area contributed by atoms with E-state index in [1.165, 1.54) is 11.1 Å². The van der Waals surface area contributed by atoms with Crippen molar-refractivity contribution in [3.63, 3.8) is 0 Å². The quantitative estimate of drug-likeness (QED) is 0.881. The van der Waals surface area contributed by atoms with Crippen molar-refractivity contribution in [2.75, 3.05) is 0 Å². The summed E-state index contributed by atoms with van der Waals surface area (Å²) in [5.74, 6) is 1.50. The molecule has 0 unspecified atom stereocenters. The van der Waals surface area contributed by atoms with Crippen molar-refractivity contribution in [2.24, 2.45) is 5.73 Å². The lowest BCUT2D eigenvalue weighted by Crippen LogP contribution is -2.10. The fourth-order valence-corrected chi connectivity index (χ4v) is 2.24. The summed E-state index contributed by atoms with van der Waals surface area (Å²) in [6.45, 7) is 9.21. The summed E-state index contributed by atoms with van der Waals surface area (Å²) in [7, 11) is 0. The highest BCUT2D eigenvalue weighted by molar-refractivity contribution is 5.77. The van der Waals surface area contributed by atoms with Crippen LogP contribution in [-0.2, 0) is 6.54 Å². The van der Waals surface area contributed by atoms with Crippen LogP contribution in [-0.4, -0.2) is 9.55 Å². The summed E-state index contributed by atoms with van der Waals surface area (Å²) < 4.78 is 2.22. The normalized spacial score (nSPS) is 11.9. The number of fused-ring (bicyclic) bond motifs is 1. The third-order valence-corrected chi connectivity index (χ3v) is 3.15. The zero-order valence-corrected chi connectivity index (χ0v) is 11.1. The van der Waals surface area contributed by atoms with Gasteiger partial charge in [0.1, 0.15) is 5.82 Å². The van der Waals surface area contributed by atoms with Crippen molar-refractivity contribution < 1.29 is 0 Å². The van der Waals surface area contributed by atoms with Crippen LogP contribution in [0, 0.1) is 0 Å². The van der Waals surface area contributed by atoms with Gasteiger partial charge in [0.15, 0.2) is 0 Å². The Hall–Kier alpha value is -1.35. The van der Waals surface area contributed by atoms with Gasteiger partial charge in [0, 0.05) is 6.04 Å². The van der Waals surface area contributed by atoms with Gasteiger partial charge in [0.25, 0.3) is 0 Å². The molecule has 0 aliphatic carbocycles. The van der Waals surface area contributed by atoms with Crippen LogP contribution in [0.25, 0.3) is 11.0 Å². The van der Waals surface area contributed by atoms with Crippen LogP contribution in [0.3, 0.4) is 0 Å². The van der Waals surface area contributed by atoms with Crippen LogP contribution >= 0.6 is 0 Å². The molecule has 0 saturated carbocycles. The van der Waals surface area contributed by atoms with Crippen LogP contribution in [0.5, 0.6) is 0 Å². The first-order valence-electron chi connectivity index (χ1n) is 6.25. The summed E-state index contributed by atoms with van der Waals surface area (Å²) in [6, 6.07) is 6.92. The Morgan fingerprint density at radius 3 is 2.47 bits per heavy atom. The van der Waals surface area contributed by atoms with Gasteiger partial charge in [-0.25, -0.2) is 4.98 Å². The van der Waals surface area contributed by atoms with Crippen LogP contribution in [0.1, 0.15) is 51.0 Å². The fraction of sp³-hybridized carbons (Fsp3) is 0.500. The minimum absolute atomic E-state index is 0.392. The molecular weight excluding hydrogens is 210 g/mol. The fourth-order valence-electron chi connectivity index (χ4n) is 2.24. The van der Waals surface area contributed by atoms with E-state index in [1.807, 2.05) is 0 Å². The molecule has 0 aliphatic heterocycles. The molecule has 2 rings (SSSR count). The zero-order valence-electron chi connectivity index (χ0n) is 11.1. The molecule has 1 heterocycles. The first kappa shape index (κ1) is 12.1. The number of benzene rings is 1. The first-order valence-corrected chi connectivity index (χ1v) is 6.25. The lowest BCUT2D eigenvalue weighted by molar-refractivity contribution is 0.585. The smallest absolute Gasteiger partial charge is 0.123 e. The molecule has 0 atom stereocenters. The van der Waals surface area contributed by atoms with Gasteiger partial charge < -0.3 is 10.3 Å². The van der Waals surface area contributed by atoms with E-state index in [1.54, 1.807) is 0 Å². The van der Waals surface area contributed by atoms with Gasteiger partial charge in [0.2, 0.25) is 0 Å². The molecule has 0 spiro atoms. The van der Waals surface area contributed by atoms with Gasteiger partial charge in [-0.15, -0.1) is 0 Å². The maximum absolute atomic E-state index is 5.77. The van der Waals surface area contributed by atoms with Crippen LogP contribution in [0.2, 0.25) is 0 Å². The molecule has 92 valence electrons. The highest BCUT2D eigenvalue weighted by Gasteiger charge is 2.12. The third kappa shape index (κ3) is 2.07. The Labute approximate surface area is 103 Å². The van der Waals surface area contributed by atoms with Crippen molar-refractivity contribution in [1.29, 1.82) is 0 Å². The summed E-state index contributed by atoms with van der Waals surface area (Å²) in [6.07, 6.45) is 0. The molecule has 0 aliphatic rings. The SMILES string of the molecule is CC(C)c1ccc2c(c1)nc(CN)n2C(C)C. The van der Waals surface area contributed by atoms with E-state index in [9.17, 15) is 0 Å². The van der Waals surface area contributed by atoms with Gasteiger partial charge in [-0.2, -0.15) is 0 Å². The van der Waals surface area contributed by atoms with E-state index >= 15 is 0 Å². The monoisotopic (exact) mass is 231 g/mol. The van der Waals surface area contributed by atoms with Crippen molar-refractivity contribution in [3.05, 3.63) is 29.6 Å². The number of imidazole rings is 1. The molecule has 0 radical (unpaired) electrons. The maximum atomic E-state index is 5.77. The molecule has 0 amide bonds. The topological polar surface area (TPSA) is 43.8 Å². The Morgan fingerprint density at radius 1 is 1.24 bits per heavy atom. The van der Waals surface area contributed by atoms with Crippen molar-refractivity contribution in [1.82, 2.24) is 9.55 Å². The van der Waals surface area contributed by atoms with Gasteiger partial charge in [-0.1, -0.05) is 19.9 Å². The number of nitrogens with zero attached hydrogens (tertiary/aromatic N) is 2. The van der Waals surface area contributed by atoms with E-state index in [4.69, 9.17) is 5.73 Å². The summed E-state index contributed by atoms with van der Waals surface area (Å²) in [4.78, 5) is 4.63. The minimum atomic E-state index is 0.392. The molecule has 2 aromatic rings. The van der Waals surface area contributed by atoms with E-state index in [0.29, 0.717) is 18.5 Å². The van der Waals surface area contributed by atoms with Crippen molar-refractivity contribution in [2.45, 2.75) is 46.2 Å². The standard InChI is InChI=1S/C14H21N3/c1-9(2)11-5-6-13-12(7-11)16-14(8-15)17(13)10(3)4/h5-7,9-10H,8,15H2,1-4H3. The molecule has 0 saturated heterocycles. The Bertz CT molecular complexity index is 523. The predicted octanol–water partition coefficient (Wildman–Crippen LogP) is 3.20. The van der Waals surface area contributed by atoms with Gasteiger partial charge in [-0.05, 0) is 37.5 Å². The van der Waals surface area contributed by atoms with Gasteiger partial charge in [0.05, 0.1) is 17.6 Å². The summed E-state index contributed by atoms with van der Waals surface area (Å²) in [5.41, 5.74) is 9.34. The molecule has 0 bridgehead atoms. The second kappa shape index (κ2) is 4.49. The Balaban J connectivity index is 2.65. The Kier molecular flexibility index (Phi) is 3.20. The largest absolute Gasteiger partial charge is 0.324 e. The molecule has 1 aromatic carbocycles. The highest BCUT2D eigenvalue weighted by atomic mass is 15.1. The molecule has 3 heteroatoms. The van der Waals surface area contributed by atoms with E-state index in [0.717, 1.165) is 11.3 Å². The number of aromatic nitrogens is 2. The first-order chi connectivity index (χ1) is 8.04. The minimum Gasteiger partial charge on any atom is -0.324 e. The van der Waals surface area contributed by atoms with Crippen molar-refractivity contribution >= 4 is 11.0 Å². The molecule has 3 nitrogen and oxygen atoms in total. The lowest BCUT2D eigenvalue weighted by Gasteiger charge is -2.12. The number of hydrogen-bond donors (Lipinski definition) is 1. The highest BCUT2D eigenvalue weighted by Crippen LogP contribution is 2.24. The van der Waals surface area contributed by atoms with Crippen LogP contribution < -0.4 is 5.73 Å². The number of hydrogen-bond acceptors (Lipinski definition) is 2. The van der Waals surface area contributed by atoms with E-state index < -0.39 is 0 Å². The second-order valence-electron chi connectivity index (χ2n) is 5.10. The van der Waals surface area contributed by atoms with Crippen LogP contribution in [0.15, 0.2) is 18.2 Å². The predicted molar refractivity (Wildman–Crippen MR) is 72.1 cm³/mol. The van der Waals surface area contributed by atoms with E-state index in [-0.39, 0.29) is 0 Å². The van der Waals surface area contributed by atoms with Gasteiger partial charge in [-0.3, -0.25) is 0 Å². The number of nitrogens with two attached hydrogens (primary N) is 1. The Morgan fingerprint density at radius 2 is 1.94 bits per heavy atom. The summed E-state index contributed by atoms with van der Waals surface area (Å²) >= 11 is 0. The number of rotatable bonds is 3. The third-order valence-electron chi connectivity index (χ3n) is 3.15. The van der Waals surface area contributed by atoms with E-state index in [2.05, 4.69) is 55.4 Å². The average molecular weight is 231 g/mol. The molecular formula is C14H21N3. The maximum Gasteiger partial charge on any atom is 0.123 e.